The number of carbonyl (C=O) groups is 1. The normalized spacial score (nSPS) is 12.2. The van der Waals surface area contributed by atoms with Crippen molar-refractivity contribution in [1.82, 2.24) is 40.2 Å². The highest BCUT2D eigenvalue weighted by molar-refractivity contribution is 7.81. The van der Waals surface area contributed by atoms with E-state index < -0.39 is 11.2 Å². The van der Waals surface area contributed by atoms with Gasteiger partial charge in [-0.1, -0.05) is 61.9 Å². The lowest BCUT2D eigenvalue weighted by Gasteiger charge is -2.12. The Morgan fingerprint density at radius 3 is 2.54 bits per heavy atom. The van der Waals surface area contributed by atoms with Crippen LogP contribution in [-0.2, 0) is 17.6 Å². The summed E-state index contributed by atoms with van der Waals surface area (Å²) in [6.07, 6.45) is 3.38. The number of aromatic nitrogens is 8. The summed E-state index contributed by atoms with van der Waals surface area (Å²) in [6, 6.07) is 16.2. The van der Waals surface area contributed by atoms with Gasteiger partial charge in [0.1, 0.15) is 11.1 Å². The number of thiol groups is 1. The number of fused-ring (bicyclic) bond motifs is 1. The Morgan fingerprint density at radius 1 is 1.11 bits per heavy atom. The fraction of sp³-hybridized carbons (Fsp3) is 0.269. The lowest BCUT2D eigenvalue weighted by Crippen LogP contribution is -2.27. The van der Waals surface area contributed by atoms with Crippen LogP contribution in [0.5, 0.6) is 0 Å². The largest absolute Gasteiger partial charge is 0.548 e. The predicted octanol–water partition coefficient (Wildman–Crippen LogP) is 2.93. The van der Waals surface area contributed by atoms with Crippen molar-refractivity contribution >= 4 is 24.2 Å². The number of nitrogens with zero attached hydrogens (tertiary/aromatic N) is 7. The van der Waals surface area contributed by atoms with Crippen molar-refractivity contribution in [3.63, 3.8) is 0 Å². The maximum Gasteiger partial charge on any atom is 0.205 e. The Morgan fingerprint density at radius 2 is 1.86 bits per heavy atom. The molecule has 0 saturated heterocycles. The number of hydrogen-bond acceptors (Lipinski definition) is 9. The van der Waals surface area contributed by atoms with E-state index in [4.69, 9.17) is 4.98 Å². The van der Waals surface area contributed by atoms with Gasteiger partial charge in [-0.25, -0.2) is 9.97 Å². The van der Waals surface area contributed by atoms with E-state index in [1.54, 1.807) is 4.52 Å². The first-order valence-electron chi connectivity index (χ1n) is 12.0. The second-order valence-corrected chi connectivity index (χ2v) is 9.29. The number of carbonyl (C=O) groups excluding carboxylic acids is 1. The molecule has 0 aliphatic carbocycles. The third kappa shape index (κ3) is 4.94. The minimum absolute atomic E-state index is 0.0931. The van der Waals surface area contributed by atoms with Gasteiger partial charge in [-0.3, -0.25) is 0 Å². The molecule has 1 unspecified atom stereocenters. The summed E-state index contributed by atoms with van der Waals surface area (Å²) in [7, 11) is 0. The molecule has 0 fully saturated rings. The summed E-state index contributed by atoms with van der Waals surface area (Å²) in [6.45, 7) is 3.98. The molecule has 11 heteroatoms. The van der Waals surface area contributed by atoms with Crippen molar-refractivity contribution in [3.8, 4) is 22.5 Å². The van der Waals surface area contributed by atoms with Crippen LogP contribution in [-0.4, -0.2) is 46.2 Å². The third-order valence-electron chi connectivity index (χ3n) is 6.24. The number of hydrogen-bond donors (Lipinski definition) is 2. The van der Waals surface area contributed by atoms with Crippen LogP contribution >= 0.6 is 12.6 Å². The molecule has 0 saturated carbocycles. The number of H-pyrrole nitrogens is 1. The smallest absolute Gasteiger partial charge is 0.205 e. The van der Waals surface area contributed by atoms with Gasteiger partial charge in [0.05, 0.1) is 5.97 Å². The molecule has 0 amide bonds. The predicted molar refractivity (Wildman–Crippen MR) is 139 cm³/mol. The van der Waals surface area contributed by atoms with Crippen LogP contribution in [0.15, 0.2) is 48.5 Å². The van der Waals surface area contributed by atoms with E-state index in [1.807, 2.05) is 31.2 Å². The van der Waals surface area contributed by atoms with Gasteiger partial charge in [0.25, 0.3) is 0 Å². The van der Waals surface area contributed by atoms with Crippen LogP contribution in [0.25, 0.3) is 28.2 Å². The Bertz CT molecular complexity index is 1550. The molecule has 0 bridgehead atoms. The highest BCUT2D eigenvalue weighted by Gasteiger charge is 2.20. The zero-order valence-corrected chi connectivity index (χ0v) is 21.3. The Balaban J connectivity index is 1.53. The van der Waals surface area contributed by atoms with E-state index in [2.05, 4.69) is 74.5 Å². The number of tetrazole rings is 1. The molecule has 1 N–H and O–H groups in total. The Hall–Kier alpha value is -4.12. The summed E-state index contributed by atoms with van der Waals surface area (Å²) in [5.41, 5.74) is 6.46. The summed E-state index contributed by atoms with van der Waals surface area (Å²) in [5, 5.41) is 29.0. The van der Waals surface area contributed by atoms with E-state index in [0.717, 1.165) is 52.8 Å². The lowest BCUT2D eigenvalue weighted by molar-refractivity contribution is -0.305. The van der Waals surface area contributed by atoms with Gasteiger partial charge in [-0.05, 0) is 41.7 Å². The first-order chi connectivity index (χ1) is 18.0. The number of carboxylic acids is 1. The first-order valence-corrected chi connectivity index (χ1v) is 12.5. The molecule has 3 heterocycles. The number of carboxylic acid groups (broad SMARTS) is 1. The third-order valence-corrected chi connectivity index (χ3v) is 6.68. The zero-order chi connectivity index (χ0) is 25.9. The molecule has 0 aliphatic heterocycles. The average molecular weight is 514 g/mol. The van der Waals surface area contributed by atoms with Crippen molar-refractivity contribution in [2.45, 2.75) is 44.8 Å². The molecule has 188 valence electrons. The maximum atomic E-state index is 11.4. The van der Waals surface area contributed by atoms with Crippen LogP contribution in [0, 0.1) is 6.92 Å². The van der Waals surface area contributed by atoms with Gasteiger partial charge < -0.3 is 9.90 Å². The number of rotatable bonds is 9. The Kier molecular flexibility index (Phi) is 6.95. The second kappa shape index (κ2) is 10.5. The molecule has 5 aromatic rings. The fourth-order valence-corrected chi connectivity index (χ4v) is 4.46. The van der Waals surface area contributed by atoms with Crippen LogP contribution in [0.4, 0.5) is 0 Å². The van der Waals surface area contributed by atoms with Gasteiger partial charge in [0.15, 0.2) is 11.5 Å². The van der Waals surface area contributed by atoms with Gasteiger partial charge >= 0.3 is 0 Å². The van der Waals surface area contributed by atoms with Gasteiger partial charge in [0, 0.05) is 23.2 Å². The molecule has 1 atom stereocenters. The summed E-state index contributed by atoms with van der Waals surface area (Å²) in [5.74, 6) is -0.0595. The van der Waals surface area contributed by atoms with Crippen molar-refractivity contribution in [3.05, 3.63) is 77.0 Å². The zero-order valence-electron chi connectivity index (χ0n) is 20.4. The molecule has 0 aliphatic rings. The van der Waals surface area contributed by atoms with E-state index >= 15 is 0 Å². The number of aryl methyl sites for hydroxylation is 2. The standard InChI is InChI=1S/C26H26N8O2S/c1-3-4-9-21-20(25-28-24(22(37)26(35)36)31-34(25)15(2)27-21)14-16-10-12-17(13-11-16)18-7-5-6-8-19(18)23-29-32-33-30-23/h5-8,10-13,22,37H,3-4,9,14H2,1-2H3,(H,35,36)(H,29,30,32,33)/p-1. The van der Waals surface area contributed by atoms with Gasteiger partial charge in [-0.2, -0.15) is 22.4 Å². The molecular weight excluding hydrogens is 488 g/mol. The highest BCUT2D eigenvalue weighted by atomic mass is 32.1. The number of benzene rings is 2. The van der Waals surface area contributed by atoms with Crippen LogP contribution in [0.3, 0.4) is 0 Å². The van der Waals surface area contributed by atoms with Crippen LogP contribution in [0.2, 0.25) is 0 Å². The topological polar surface area (TPSA) is 138 Å². The molecule has 37 heavy (non-hydrogen) atoms. The number of nitrogens with one attached hydrogen (secondary N) is 1. The molecule has 2 aromatic carbocycles. The van der Waals surface area contributed by atoms with Crippen molar-refractivity contribution in [1.29, 1.82) is 0 Å². The number of aliphatic carboxylic acids is 1. The first kappa shape index (κ1) is 24.6. The van der Waals surface area contributed by atoms with Crippen LogP contribution < -0.4 is 5.11 Å². The Labute approximate surface area is 218 Å². The van der Waals surface area contributed by atoms with E-state index in [9.17, 15) is 9.90 Å². The highest BCUT2D eigenvalue weighted by Crippen LogP contribution is 2.30. The quantitative estimate of drug-likeness (QED) is 0.287. The molecule has 5 rings (SSSR count). The summed E-state index contributed by atoms with van der Waals surface area (Å²) >= 11 is 4.12. The minimum Gasteiger partial charge on any atom is -0.548 e. The van der Waals surface area contributed by atoms with Gasteiger partial charge in [0.2, 0.25) is 5.82 Å². The molecule has 3 aromatic heterocycles. The summed E-state index contributed by atoms with van der Waals surface area (Å²) < 4.78 is 1.60. The van der Waals surface area contributed by atoms with Crippen molar-refractivity contribution < 1.29 is 9.90 Å². The molecule has 0 spiro atoms. The van der Waals surface area contributed by atoms with E-state index in [-0.39, 0.29) is 5.82 Å². The average Bonchev–Trinajstić information content (AvgIpc) is 3.60. The number of aromatic amines is 1. The van der Waals surface area contributed by atoms with Crippen molar-refractivity contribution in [2.75, 3.05) is 0 Å². The molecular formula is C26H25N8O2S-. The van der Waals surface area contributed by atoms with Gasteiger partial charge in [-0.15, -0.1) is 15.3 Å². The monoisotopic (exact) mass is 513 g/mol. The minimum atomic E-state index is -1.34. The van der Waals surface area contributed by atoms with E-state index in [0.29, 0.717) is 23.7 Å². The lowest BCUT2D eigenvalue weighted by atomic mass is 9.96. The summed E-state index contributed by atoms with van der Waals surface area (Å²) in [4.78, 5) is 20.8. The molecule has 10 nitrogen and oxygen atoms in total. The number of unbranched alkanes of at least 4 members (excludes halogenated alkanes) is 1. The van der Waals surface area contributed by atoms with Crippen molar-refractivity contribution in [2.24, 2.45) is 0 Å². The fourth-order valence-electron chi connectivity index (χ4n) is 4.35. The van der Waals surface area contributed by atoms with Crippen LogP contribution in [0.1, 0.15) is 53.5 Å². The van der Waals surface area contributed by atoms with E-state index in [1.165, 1.54) is 0 Å². The molecule has 0 radical (unpaired) electrons. The SMILES string of the molecule is CCCCc1nc(C)n2nc(C(S)C(=O)[O-])nc2c1Cc1ccc(-c2ccccc2-c2nn[nH]n2)cc1. The second-order valence-electron chi connectivity index (χ2n) is 8.77. The maximum absolute atomic E-state index is 11.4.